The number of nitriles is 1. The van der Waals surface area contributed by atoms with Crippen molar-refractivity contribution in [3.63, 3.8) is 0 Å². The Balaban J connectivity index is 2.64. The largest absolute Gasteiger partial charge is 0.324 e. The smallest absolute Gasteiger partial charge is 0.244 e. The molecule has 0 saturated carbocycles. The molecule has 17 heavy (non-hydrogen) atoms. The number of sulfone groups is 1. The zero-order chi connectivity index (χ0) is 12.6. The van der Waals surface area contributed by atoms with Crippen LogP contribution in [0.15, 0.2) is 23.1 Å². The second-order valence-corrected chi connectivity index (χ2v) is 5.98. The van der Waals surface area contributed by atoms with Gasteiger partial charge < -0.3 is 5.32 Å². The lowest BCUT2D eigenvalue weighted by Crippen LogP contribution is -2.39. The quantitative estimate of drug-likeness (QED) is 0.805. The Morgan fingerprint density at radius 1 is 1.47 bits per heavy atom. The summed E-state index contributed by atoms with van der Waals surface area (Å²) in [5.74, 6) is -0.636. The third kappa shape index (κ3) is 1.78. The van der Waals surface area contributed by atoms with Gasteiger partial charge in [0.2, 0.25) is 5.91 Å². The fourth-order valence-corrected chi connectivity index (χ4v) is 3.48. The lowest BCUT2D eigenvalue weighted by Gasteiger charge is -2.23. The van der Waals surface area contributed by atoms with Gasteiger partial charge in [0, 0.05) is 0 Å². The fraction of sp³-hybridized carbons (Fsp3) is 0.273. The third-order valence-corrected chi connectivity index (χ3v) is 4.73. The standard InChI is InChI=1S/C11H10N2O3S/c1-7-2-3-8-10(6-7)17(15,16)9(4-5-12)11(14)13-8/h2-3,6,9H,4H2,1H3,(H,13,14). The number of amides is 1. The first-order chi connectivity index (χ1) is 7.96. The molecule has 0 bridgehead atoms. The molecule has 1 atom stereocenters. The maximum absolute atomic E-state index is 12.1. The van der Waals surface area contributed by atoms with Crippen molar-refractivity contribution in [1.29, 1.82) is 5.26 Å². The average molecular weight is 250 g/mol. The van der Waals surface area contributed by atoms with E-state index in [1.165, 1.54) is 6.07 Å². The van der Waals surface area contributed by atoms with Gasteiger partial charge in [0.15, 0.2) is 15.1 Å². The van der Waals surface area contributed by atoms with Gasteiger partial charge >= 0.3 is 0 Å². The number of hydrogen-bond donors (Lipinski definition) is 1. The normalized spacial score (nSPS) is 21.2. The zero-order valence-corrected chi connectivity index (χ0v) is 9.91. The summed E-state index contributed by atoms with van der Waals surface area (Å²) in [5.41, 5.74) is 1.08. The Kier molecular flexibility index (Phi) is 2.63. The molecule has 1 aliphatic rings. The number of aryl methyl sites for hydroxylation is 1. The van der Waals surface area contributed by atoms with Crippen molar-refractivity contribution in [2.45, 2.75) is 23.5 Å². The lowest BCUT2D eigenvalue weighted by molar-refractivity contribution is -0.115. The van der Waals surface area contributed by atoms with E-state index in [0.717, 1.165) is 5.56 Å². The van der Waals surface area contributed by atoms with E-state index in [1.807, 2.05) is 0 Å². The van der Waals surface area contributed by atoms with E-state index in [9.17, 15) is 13.2 Å². The van der Waals surface area contributed by atoms with Crippen LogP contribution in [0.2, 0.25) is 0 Å². The van der Waals surface area contributed by atoms with E-state index in [-0.39, 0.29) is 17.0 Å². The van der Waals surface area contributed by atoms with E-state index in [1.54, 1.807) is 25.1 Å². The van der Waals surface area contributed by atoms with Gasteiger partial charge in [-0.15, -0.1) is 0 Å². The van der Waals surface area contributed by atoms with E-state index in [2.05, 4.69) is 5.32 Å². The summed E-state index contributed by atoms with van der Waals surface area (Å²) < 4.78 is 24.3. The second-order valence-electron chi connectivity index (χ2n) is 3.88. The van der Waals surface area contributed by atoms with Crippen molar-refractivity contribution in [3.8, 4) is 6.07 Å². The van der Waals surface area contributed by atoms with Crippen molar-refractivity contribution < 1.29 is 13.2 Å². The molecule has 0 spiro atoms. The summed E-state index contributed by atoms with van der Waals surface area (Å²) in [4.78, 5) is 11.7. The zero-order valence-electron chi connectivity index (χ0n) is 9.10. The molecule has 0 saturated heterocycles. The number of anilines is 1. The van der Waals surface area contributed by atoms with Crippen LogP contribution in [0.1, 0.15) is 12.0 Å². The number of carbonyl (C=O) groups excluding carboxylic acids is 1. The molecule has 0 aliphatic carbocycles. The molecule has 1 heterocycles. The van der Waals surface area contributed by atoms with Crippen LogP contribution in [-0.2, 0) is 14.6 Å². The van der Waals surface area contributed by atoms with Gasteiger partial charge in [0.05, 0.1) is 23.1 Å². The molecule has 1 unspecified atom stereocenters. The van der Waals surface area contributed by atoms with Crippen LogP contribution >= 0.6 is 0 Å². The molecule has 1 aliphatic heterocycles. The highest BCUT2D eigenvalue weighted by atomic mass is 32.2. The Hall–Kier alpha value is -1.87. The summed E-state index contributed by atoms with van der Waals surface area (Å²) in [6.07, 6.45) is -0.332. The molecule has 1 aromatic rings. The molecule has 6 heteroatoms. The number of hydrogen-bond acceptors (Lipinski definition) is 4. The molecule has 0 aromatic heterocycles. The molecule has 2 rings (SSSR count). The first kappa shape index (κ1) is 11.6. The summed E-state index contributed by atoms with van der Waals surface area (Å²) in [6, 6.07) is 6.52. The van der Waals surface area contributed by atoms with E-state index < -0.39 is 21.0 Å². The Bertz CT molecular complexity index is 629. The number of rotatable bonds is 1. The van der Waals surface area contributed by atoms with Gasteiger partial charge in [-0.1, -0.05) is 6.07 Å². The van der Waals surface area contributed by atoms with Crippen LogP contribution in [0, 0.1) is 18.3 Å². The number of carbonyl (C=O) groups is 1. The van der Waals surface area contributed by atoms with Crippen LogP contribution in [0.4, 0.5) is 5.69 Å². The highest BCUT2D eigenvalue weighted by molar-refractivity contribution is 7.93. The third-order valence-electron chi connectivity index (χ3n) is 2.65. The Morgan fingerprint density at radius 3 is 2.82 bits per heavy atom. The molecular formula is C11H10N2O3S. The minimum absolute atomic E-state index is 0.0948. The average Bonchev–Trinajstić information content (AvgIpc) is 2.26. The first-order valence-electron chi connectivity index (χ1n) is 4.99. The van der Waals surface area contributed by atoms with E-state index >= 15 is 0 Å². The van der Waals surface area contributed by atoms with Gasteiger partial charge in [0.25, 0.3) is 0 Å². The van der Waals surface area contributed by atoms with Gasteiger partial charge in [-0.3, -0.25) is 4.79 Å². The minimum atomic E-state index is -3.75. The molecular weight excluding hydrogens is 240 g/mol. The molecule has 5 nitrogen and oxygen atoms in total. The molecule has 1 amide bonds. The van der Waals surface area contributed by atoms with E-state index in [0.29, 0.717) is 0 Å². The van der Waals surface area contributed by atoms with Crippen molar-refractivity contribution in [3.05, 3.63) is 23.8 Å². The molecule has 1 N–H and O–H groups in total. The van der Waals surface area contributed by atoms with Gasteiger partial charge in [-0.2, -0.15) is 5.26 Å². The number of benzene rings is 1. The van der Waals surface area contributed by atoms with Crippen LogP contribution in [-0.4, -0.2) is 19.6 Å². The monoisotopic (exact) mass is 250 g/mol. The van der Waals surface area contributed by atoms with Crippen LogP contribution in [0.25, 0.3) is 0 Å². The maximum atomic E-state index is 12.1. The fourth-order valence-electron chi connectivity index (χ4n) is 1.76. The van der Waals surface area contributed by atoms with Crippen molar-refractivity contribution in [2.75, 3.05) is 5.32 Å². The van der Waals surface area contributed by atoms with Gasteiger partial charge in [-0.05, 0) is 24.6 Å². The Morgan fingerprint density at radius 2 is 2.18 bits per heavy atom. The highest BCUT2D eigenvalue weighted by Crippen LogP contribution is 2.32. The summed E-state index contributed by atoms with van der Waals surface area (Å²) in [6.45, 7) is 1.77. The van der Waals surface area contributed by atoms with Crippen molar-refractivity contribution >= 4 is 21.4 Å². The number of nitrogens with zero attached hydrogens (tertiary/aromatic N) is 1. The molecule has 0 radical (unpaired) electrons. The first-order valence-corrected chi connectivity index (χ1v) is 6.54. The minimum Gasteiger partial charge on any atom is -0.324 e. The highest BCUT2D eigenvalue weighted by Gasteiger charge is 2.39. The predicted molar refractivity (Wildman–Crippen MR) is 61.0 cm³/mol. The van der Waals surface area contributed by atoms with E-state index in [4.69, 9.17) is 5.26 Å². The van der Waals surface area contributed by atoms with Crippen LogP contribution < -0.4 is 5.32 Å². The van der Waals surface area contributed by atoms with Crippen molar-refractivity contribution in [2.24, 2.45) is 0 Å². The molecule has 88 valence electrons. The topological polar surface area (TPSA) is 87.0 Å². The summed E-state index contributed by atoms with van der Waals surface area (Å²) in [7, 11) is -3.75. The number of fused-ring (bicyclic) bond motifs is 1. The summed E-state index contributed by atoms with van der Waals surface area (Å²) in [5, 5.41) is 9.78. The SMILES string of the molecule is Cc1ccc2c(c1)S(=O)(=O)C(CC#N)C(=O)N2. The van der Waals surface area contributed by atoms with Gasteiger partial charge in [0.1, 0.15) is 0 Å². The predicted octanol–water partition coefficient (Wildman–Crippen LogP) is 1.00. The Labute approximate surface area is 99.0 Å². The maximum Gasteiger partial charge on any atom is 0.244 e. The molecule has 1 aromatic carbocycles. The molecule has 0 fully saturated rings. The van der Waals surface area contributed by atoms with Crippen molar-refractivity contribution in [1.82, 2.24) is 0 Å². The van der Waals surface area contributed by atoms with Crippen LogP contribution in [0.5, 0.6) is 0 Å². The lowest BCUT2D eigenvalue weighted by atomic mass is 10.2. The number of nitrogens with one attached hydrogen (secondary N) is 1. The summed E-state index contributed by atoms with van der Waals surface area (Å²) >= 11 is 0. The second kappa shape index (κ2) is 3.86. The van der Waals surface area contributed by atoms with Gasteiger partial charge in [-0.25, -0.2) is 8.42 Å². The van der Waals surface area contributed by atoms with Crippen LogP contribution in [0.3, 0.4) is 0 Å².